The molecule has 1 atom stereocenters. The molecule has 3 heterocycles. The lowest BCUT2D eigenvalue weighted by atomic mass is 10.0. The smallest absolute Gasteiger partial charge is 0.230 e. The van der Waals surface area contributed by atoms with Crippen LogP contribution in [0.1, 0.15) is 32.2 Å². The molecule has 0 radical (unpaired) electrons. The fourth-order valence-electron chi connectivity index (χ4n) is 4.09. The lowest BCUT2D eigenvalue weighted by Crippen LogP contribution is -2.47. The van der Waals surface area contributed by atoms with Crippen molar-refractivity contribution in [3.63, 3.8) is 0 Å². The topological polar surface area (TPSA) is 110 Å². The maximum absolute atomic E-state index is 12.5. The first-order valence-corrected chi connectivity index (χ1v) is 12.8. The van der Waals surface area contributed by atoms with Crippen LogP contribution in [0, 0.1) is 0 Å². The standard InChI is InChI=1S/C20H23N5O3S2/c1-20(8-9-30(27,28)12-20)22-17(26)11-29-19-24-23-18(25(19)13-6-7-13)15-10-21-16-5-3-2-4-14(15)16/h2-5,10,13,21H,6-9,11-12H2,1H3,(H,22,26)/t20-/m1/s1. The van der Waals surface area contributed by atoms with Crippen molar-refractivity contribution in [2.45, 2.75) is 42.9 Å². The minimum Gasteiger partial charge on any atom is -0.360 e. The normalized spacial score (nSPS) is 23.1. The van der Waals surface area contributed by atoms with Crippen LogP contribution in [0.25, 0.3) is 22.3 Å². The van der Waals surface area contributed by atoms with Crippen LogP contribution in [0.5, 0.6) is 0 Å². The van der Waals surface area contributed by atoms with Gasteiger partial charge in [-0.1, -0.05) is 30.0 Å². The molecule has 1 saturated carbocycles. The average Bonchev–Trinajstić information content (AvgIpc) is 3.19. The van der Waals surface area contributed by atoms with Gasteiger partial charge in [0.2, 0.25) is 5.91 Å². The third-order valence-electron chi connectivity index (χ3n) is 5.68. The van der Waals surface area contributed by atoms with E-state index in [0.29, 0.717) is 12.5 Å². The molecule has 1 aliphatic carbocycles. The molecule has 5 rings (SSSR count). The van der Waals surface area contributed by atoms with Gasteiger partial charge in [-0.3, -0.25) is 9.36 Å². The highest BCUT2D eigenvalue weighted by Gasteiger charge is 2.39. The number of hydrogen-bond donors (Lipinski definition) is 2. The molecule has 1 aliphatic heterocycles. The van der Waals surface area contributed by atoms with E-state index in [1.54, 1.807) is 6.92 Å². The van der Waals surface area contributed by atoms with Crippen molar-refractivity contribution in [3.05, 3.63) is 30.5 Å². The number of benzene rings is 1. The van der Waals surface area contributed by atoms with Gasteiger partial charge in [-0.2, -0.15) is 0 Å². The van der Waals surface area contributed by atoms with Gasteiger partial charge in [0.15, 0.2) is 20.8 Å². The van der Waals surface area contributed by atoms with Crippen molar-refractivity contribution < 1.29 is 13.2 Å². The molecule has 8 nitrogen and oxygen atoms in total. The summed E-state index contributed by atoms with van der Waals surface area (Å²) in [5.74, 6) is 0.930. The van der Waals surface area contributed by atoms with Gasteiger partial charge in [-0.15, -0.1) is 10.2 Å². The number of amides is 1. The van der Waals surface area contributed by atoms with Crippen LogP contribution in [0.15, 0.2) is 35.6 Å². The Morgan fingerprint density at radius 2 is 2.13 bits per heavy atom. The number of thioether (sulfide) groups is 1. The summed E-state index contributed by atoms with van der Waals surface area (Å²) in [5, 5.41) is 13.5. The van der Waals surface area contributed by atoms with Crippen molar-refractivity contribution in [1.29, 1.82) is 0 Å². The largest absolute Gasteiger partial charge is 0.360 e. The number of carbonyl (C=O) groups excluding carboxylic acids is 1. The average molecular weight is 446 g/mol. The summed E-state index contributed by atoms with van der Waals surface area (Å²) in [4.78, 5) is 15.8. The minimum atomic E-state index is -3.07. The monoisotopic (exact) mass is 445 g/mol. The Morgan fingerprint density at radius 3 is 2.87 bits per heavy atom. The van der Waals surface area contributed by atoms with Gasteiger partial charge in [0.1, 0.15) is 0 Å². The summed E-state index contributed by atoms with van der Waals surface area (Å²) >= 11 is 1.35. The second kappa shape index (κ2) is 7.12. The number of aromatic amines is 1. The summed E-state index contributed by atoms with van der Waals surface area (Å²) in [6.07, 6.45) is 4.55. The molecule has 2 aromatic heterocycles. The molecule has 2 aliphatic rings. The highest BCUT2D eigenvalue weighted by Crippen LogP contribution is 2.42. The first-order chi connectivity index (χ1) is 14.3. The molecule has 1 saturated heterocycles. The number of aromatic nitrogens is 4. The van der Waals surface area contributed by atoms with E-state index in [9.17, 15) is 13.2 Å². The Morgan fingerprint density at radius 1 is 1.33 bits per heavy atom. The molecule has 2 fully saturated rings. The second-order valence-corrected chi connectivity index (χ2v) is 11.5. The molecule has 1 aromatic carbocycles. The summed E-state index contributed by atoms with van der Waals surface area (Å²) in [6, 6.07) is 8.43. The van der Waals surface area contributed by atoms with Gasteiger partial charge < -0.3 is 10.3 Å². The number of nitrogens with one attached hydrogen (secondary N) is 2. The number of para-hydroxylation sites is 1. The summed E-state index contributed by atoms with van der Waals surface area (Å²) in [6.45, 7) is 1.79. The van der Waals surface area contributed by atoms with Gasteiger partial charge in [-0.25, -0.2) is 8.42 Å². The van der Waals surface area contributed by atoms with Gasteiger partial charge in [0.25, 0.3) is 0 Å². The van der Waals surface area contributed by atoms with E-state index < -0.39 is 15.4 Å². The Kier molecular flexibility index (Phi) is 4.66. The predicted molar refractivity (Wildman–Crippen MR) is 116 cm³/mol. The fraction of sp³-hybridized carbons (Fsp3) is 0.450. The van der Waals surface area contributed by atoms with Crippen LogP contribution in [-0.2, 0) is 14.6 Å². The van der Waals surface area contributed by atoms with Crippen LogP contribution in [-0.4, -0.2) is 56.9 Å². The van der Waals surface area contributed by atoms with Crippen LogP contribution in [0.4, 0.5) is 0 Å². The molecule has 30 heavy (non-hydrogen) atoms. The number of fused-ring (bicyclic) bond motifs is 1. The third-order valence-corrected chi connectivity index (χ3v) is 8.53. The molecule has 1 amide bonds. The van der Waals surface area contributed by atoms with E-state index in [2.05, 4.69) is 31.1 Å². The van der Waals surface area contributed by atoms with Gasteiger partial charge in [-0.05, 0) is 32.3 Å². The van der Waals surface area contributed by atoms with E-state index in [-0.39, 0.29) is 23.2 Å². The highest BCUT2D eigenvalue weighted by atomic mass is 32.2. The first kappa shape index (κ1) is 19.6. The number of sulfone groups is 1. The maximum Gasteiger partial charge on any atom is 0.230 e. The van der Waals surface area contributed by atoms with Crippen LogP contribution in [0.3, 0.4) is 0 Å². The van der Waals surface area contributed by atoms with Crippen molar-refractivity contribution in [3.8, 4) is 11.4 Å². The van der Waals surface area contributed by atoms with E-state index in [4.69, 9.17) is 0 Å². The molecule has 0 unspecified atom stereocenters. The van der Waals surface area contributed by atoms with E-state index in [1.807, 2.05) is 24.4 Å². The van der Waals surface area contributed by atoms with Gasteiger partial charge >= 0.3 is 0 Å². The van der Waals surface area contributed by atoms with Crippen LogP contribution >= 0.6 is 11.8 Å². The molecular formula is C20H23N5O3S2. The lowest BCUT2D eigenvalue weighted by Gasteiger charge is -2.23. The molecule has 3 aromatic rings. The summed E-state index contributed by atoms with van der Waals surface area (Å²) in [5.41, 5.74) is 1.37. The van der Waals surface area contributed by atoms with Gasteiger partial charge in [0, 0.05) is 28.7 Å². The fourth-order valence-corrected chi connectivity index (χ4v) is 6.99. The summed E-state index contributed by atoms with van der Waals surface area (Å²) in [7, 11) is -3.07. The highest BCUT2D eigenvalue weighted by molar-refractivity contribution is 7.99. The number of rotatable bonds is 6. The zero-order valence-electron chi connectivity index (χ0n) is 16.6. The second-order valence-electron chi connectivity index (χ2n) is 8.39. The first-order valence-electron chi connectivity index (χ1n) is 9.99. The minimum absolute atomic E-state index is 0.000620. The van der Waals surface area contributed by atoms with Crippen LogP contribution in [0.2, 0.25) is 0 Å². The van der Waals surface area contributed by atoms with Crippen molar-refractivity contribution in [1.82, 2.24) is 25.1 Å². The molecule has 158 valence electrons. The molecule has 10 heteroatoms. The Hall–Kier alpha value is -2.33. The number of hydrogen-bond acceptors (Lipinski definition) is 6. The SMILES string of the molecule is C[C@@]1(NC(=O)CSc2nnc(-c3c[nH]c4ccccc34)n2C2CC2)CCS(=O)(=O)C1. The van der Waals surface area contributed by atoms with Crippen LogP contribution < -0.4 is 5.32 Å². The Labute approximate surface area is 178 Å². The van der Waals surface area contributed by atoms with E-state index in [1.165, 1.54) is 11.8 Å². The molecule has 2 N–H and O–H groups in total. The Balaban J connectivity index is 1.34. The van der Waals surface area contributed by atoms with Crippen molar-refractivity contribution >= 4 is 38.4 Å². The van der Waals surface area contributed by atoms with E-state index >= 15 is 0 Å². The van der Waals surface area contributed by atoms with Crippen molar-refractivity contribution in [2.75, 3.05) is 17.3 Å². The van der Waals surface area contributed by atoms with Crippen molar-refractivity contribution in [2.24, 2.45) is 0 Å². The molecular weight excluding hydrogens is 422 g/mol. The Bertz CT molecular complexity index is 1230. The third kappa shape index (κ3) is 3.74. The number of H-pyrrole nitrogens is 1. The van der Waals surface area contributed by atoms with E-state index in [0.717, 1.165) is 40.3 Å². The quantitative estimate of drug-likeness (QED) is 0.564. The predicted octanol–water partition coefficient (Wildman–Crippen LogP) is 2.55. The number of nitrogens with zero attached hydrogens (tertiary/aromatic N) is 3. The lowest BCUT2D eigenvalue weighted by molar-refractivity contribution is -0.120. The maximum atomic E-state index is 12.5. The van der Waals surface area contributed by atoms with Gasteiger partial charge in [0.05, 0.1) is 22.8 Å². The molecule has 0 spiro atoms. The zero-order chi connectivity index (χ0) is 20.9. The number of carbonyl (C=O) groups is 1. The summed E-state index contributed by atoms with van der Waals surface area (Å²) < 4.78 is 25.7. The molecule has 0 bridgehead atoms. The zero-order valence-corrected chi connectivity index (χ0v) is 18.2.